The van der Waals surface area contributed by atoms with Crippen LogP contribution in [0.1, 0.15) is 48.0 Å². The molecule has 54 heavy (non-hydrogen) atoms. The Hall–Kier alpha value is -5.70. The number of halogens is 1. The van der Waals surface area contributed by atoms with Crippen LogP contribution in [0.15, 0.2) is 53.5 Å². The lowest BCUT2D eigenvalue weighted by Gasteiger charge is -2.39. The zero-order valence-electron chi connectivity index (χ0n) is 30.0. The largest absolute Gasteiger partial charge is 0.478 e. The molecule has 3 N–H and O–H groups in total. The molecule has 16 heteroatoms. The molecule has 280 valence electrons. The van der Waals surface area contributed by atoms with E-state index in [-0.39, 0.29) is 47.5 Å². The molecule has 15 nitrogen and oxygen atoms in total. The molecule has 0 aliphatic carbocycles. The Bertz CT molecular complexity index is 2270. The summed E-state index contributed by atoms with van der Waals surface area (Å²) in [7, 11) is 3.16. The number of hydrogen-bond acceptors (Lipinski definition) is 11. The van der Waals surface area contributed by atoms with Crippen molar-refractivity contribution in [1.82, 2.24) is 30.1 Å². The summed E-state index contributed by atoms with van der Waals surface area (Å²) in [5.74, 6) is -0.0834. The quantitative estimate of drug-likeness (QED) is 0.226. The number of ether oxygens (including phenoxy) is 1. The number of rotatable bonds is 8. The topological polar surface area (TPSA) is 171 Å². The average molecular weight is 754 g/mol. The van der Waals surface area contributed by atoms with Crippen molar-refractivity contribution in [3.8, 4) is 5.75 Å². The molecule has 6 heterocycles. The van der Waals surface area contributed by atoms with E-state index in [1.807, 2.05) is 30.3 Å². The number of hydrogen-bond donors (Lipinski definition) is 3. The standard InChI is InChI=1S/C38H40ClN9O6/c1-40-32(50)20-54-30-17-22-15-24(3-6-28(22)45(2)36(30)53)42-33-27(39)18-41-37(44-33)46-12-9-38(10-13-46)11-14-47(21-38)25-4-5-26-23(16-25)19-48(35(26)52)29-7-8-31(49)43-34(29)51/h3-6,15-18,29H,7-14,19-21H2,1-2H3,(H,40,50)(H,41,42,44)(H,43,49,51). The van der Waals surface area contributed by atoms with Crippen molar-refractivity contribution < 1.29 is 23.9 Å². The van der Waals surface area contributed by atoms with Gasteiger partial charge in [-0.15, -0.1) is 0 Å². The zero-order valence-corrected chi connectivity index (χ0v) is 30.7. The molecule has 4 aromatic rings. The number of fused-ring (bicyclic) bond motifs is 2. The van der Waals surface area contributed by atoms with Gasteiger partial charge in [0.05, 0.1) is 11.7 Å². The number of carbonyl (C=O) groups is 4. The molecule has 1 atom stereocenters. The number of piperidine rings is 2. The first-order valence-corrected chi connectivity index (χ1v) is 18.4. The van der Waals surface area contributed by atoms with E-state index in [4.69, 9.17) is 21.3 Å². The lowest BCUT2D eigenvalue weighted by molar-refractivity contribution is -0.137. The number of anilines is 4. The molecule has 4 aliphatic heterocycles. The lowest BCUT2D eigenvalue weighted by Crippen LogP contribution is -2.52. The van der Waals surface area contributed by atoms with E-state index >= 15 is 0 Å². The van der Waals surface area contributed by atoms with E-state index in [9.17, 15) is 24.0 Å². The molecular formula is C38H40ClN9O6. The van der Waals surface area contributed by atoms with E-state index in [2.05, 4.69) is 36.8 Å². The van der Waals surface area contributed by atoms with Crippen molar-refractivity contribution >= 4 is 69.3 Å². The fraction of sp³-hybridized carbons (Fsp3) is 0.395. The van der Waals surface area contributed by atoms with Gasteiger partial charge < -0.3 is 34.6 Å². The number of aromatic nitrogens is 3. The Labute approximate surface area is 315 Å². The fourth-order valence-corrected chi connectivity index (χ4v) is 8.22. The minimum absolute atomic E-state index is 0.0727. The van der Waals surface area contributed by atoms with Crippen LogP contribution < -0.4 is 36.0 Å². The highest BCUT2D eigenvalue weighted by Crippen LogP contribution is 2.43. The molecule has 0 saturated carbocycles. The Balaban J connectivity index is 0.914. The summed E-state index contributed by atoms with van der Waals surface area (Å²) in [6.07, 6.45) is 5.17. The summed E-state index contributed by atoms with van der Waals surface area (Å²) < 4.78 is 6.98. The maximum absolute atomic E-state index is 13.2. The van der Waals surface area contributed by atoms with Crippen molar-refractivity contribution in [2.24, 2.45) is 12.5 Å². The second-order valence-electron chi connectivity index (χ2n) is 14.5. The van der Waals surface area contributed by atoms with Crippen LogP contribution in [0.2, 0.25) is 5.02 Å². The molecule has 1 unspecified atom stereocenters. The van der Waals surface area contributed by atoms with Crippen LogP contribution in [0.25, 0.3) is 10.9 Å². The van der Waals surface area contributed by atoms with Gasteiger partial charge in [-0.05, 0) is 79.1 Å². The van der Waals surface area contributed by atoms with E-state index in [1.54, 1.807) is 24.2 Å². The van der Waals surface area contributed by atoms with Gasteiger partial charge in [-0.3, -0.25) is 29.3 Å². The third kappa shape index (κ3) is 6.57. The van der Waals surface area contributed by atoms with Gasteiger partial charge in [0.1, 0.15) is 11.1 Å². The first kappa shape index (κ1) is 35.3. The number of carbonyl (C=O) groups excluding carboxylic acids is 4. The summed E-state index contributed by atoms with van der Waals surface area (Å²) in [4.78, 5) is 77.4. The Morgan fingerprint density at radius 1 is 1.04 bits per heavy atom. The van der Waals surface area contributed by atoms with Gasteiger partial charge in [0.25, 0.3) is 17.4 Å². The maximum atomic E-state index is 13.2. The van der Waals surface area contributed by atoms with E-state index < -0.39 is 11.9 Å². The predicted octanol–water partition coefficient (Wildman–Crippen LogP) is 3.11. The lowest BCUT2D eigenvalue weighted by atomic mass is 9.78. The van der Waals surface area contributed by atoms with Gasteiger partial charge in [-0.1, -0.05) is 11.6 Å². The highest BCUT2D eigenvalue weighted by atomic mass is 35.5. The molecule has 1 spiro atoms. The molecule has 8 rings (SSSR count). The molecule has 4 aliphatic rings. The number of amides is 4. The van der Waals surface area contributed by atoms with E-state index in [0.717, 1.165) is 62.1 Å². The van der Waals surface area contributed by atoms with Crippen molar-refractivity contribution in [1.29, 1.82) is 0 Å². The first-order chi connectivity index (χ1) is 26.0. The summed E-state index contributed by atoms with van der Waals surface area (Å²) in [5.41, 5.74) is 3.81. The van der Waals surface area contributed by atoms with Crippen LogP contribution >= 0.6 is 11.6 Å². The minimum atomic E-state index is -0.628. The number of aryl methyl sites for hydroxylation is 1. The number of likely N-dealkylation sites (N-methyl/N-ethyl adjacent to an activating group) is 1. The third-order valence-corrected chi connectivity index (χ3v) is 11.5. The summed E-state index contributed by atoms with van der Waals surface area (Å²) in [6, 6.07) is 12.5. The Kier molecular flexibility index (Phi) is 9.12. The van der Waals surface area contributed by atoms with Gasteiger partial charge >= 0.3 is 0 Å². The molecule has 3 fully saturated rings. The van der Waals surface area contributed by atoms with Gasteiger partial charge in [0.15, 0.2) is 18.2 Å². The van der Waals surface area contributed by atoms with Crippen molar-refractivity contribution in [2.75, 3.05) is 55.0 Å². The number of benzene rings is 2. The average Bonchev–Trinajstić information content (AvgIpc) is 3.73. The van der Waals surface area contributed by atoms with Gasteiger partial charge in [-0.25, -0.2) is 4.98 Å². The number of imide groups is 1. The molecule has 2 aromatic heterocycles. The van der Waals surface area contributed by atoms with Crippen molar-refractivity contribution in [3.05, 3.63) is 75.2 Å². The van der Waals surface area contributed by atoms with Crippen LogP contribution in [0.5, 0.6) is 5.75 Å². The van der Waals surface area contributed by atoms with Crippen LogP contribution in [-0.4, -0.2) is 88.9 Å². The Morgan fingerprint density at radius 3 is 2.57 bits per heavy atom. The summed E-state index contributed by atoms with van der Waals surface area (Å²) in [6.45, 7) is 3.49. The molecule has 4 amide bonds. The smallest absolute Gasteiger partial charge is 0.293 e. The van der Waals surface area contributed by atoms with E-state index in [0.29, 0.717) is 46.5 Å². The SMILES string of the molecule is CNC(=O)COc1cc2cc(Nc3nc(N4CCC5(CCN(c6ccc7c(c6)CN(C6CCC(=O)NC6=O)C7=O)C5)CC4)ncc3Cl)ccc2n(C)c1=O. The minimum Gasteiger partial charge on any atom is -0.478 e. The molecule has 2 aromatic carbocycles. The number of nitrogens with zero attached hydrogens (tertiary/aromatic N) is 6. The molecule has 3 saturated heterocycles. The van der Waals surface area contributed by atoms with E-state index in [1.165, 1.54) is 11.6 Å². The first-order valence-electron chi connectivity index (χ1n) is 18.0. The van der Waals surface area contributed by atoms with Gasteiger partial charge in [0, 0.05) is 75.6 Å². The second kappa shape index (κ2) is 13.9. The van der Waals surface area contributed by atoms with Crippen LogP contribution in [-0.2, 0) is 28.0 Å². The highest BCUT2D eigenvalue weighted by Gasteiger charge is 2.43. The van der Waals surface area contributed by atoms with Crippen LogP contribution in [0.3, 0.4) is 0 Å². The van der Waals surface area contributed by atoms with Crippen molar-refractivity contribution in [3.63, 3.8) is 0 Å². The molecule has 0 bridgehead atoms. The van der Waals surface area contributed by atoms with Gasteiger partial charge in [0.2, 0.25) is 17.8 Å². The van der Waals surface area contributed by atoms with Crippen LogP contribution in [0.4, 0.5) is 23.1 Å². The molecule has 0 radical (unpaired) electrons. The van der Waals surface area contributed by atoms with Gasteiger partial charge in [-0.2, -0.15) is 4.98 Å². The summed E-state index contributed by atoms with van der Waals surface area (Å²) >= 11 is 6.57. The van der Waals surface area contributed by atoms with Crippen LogP contribution in [0, 0.1) is 5.41 Å². The third-order valence-electron chi connectivity index (χ3n) is 11.2. The van der Waals surface area contributed by atoms with Crippen molar-refractivity contribution in [2.45, 2.75) is 44.7 Å². The zero-order chi connectivity index (χ0) is 37.7. The second-order valence-corrected chi connectivity index (χ2v) is 14.9. The molecular weight excluding hydrogens is 714 g/mol. The Morgan fingerprint density at radius 2 is 1.81 bits per heavy atom. The normalized spacial score (nSPS) is 19.4. The predicted molar refractivity (Wildman–Crippen MR) is 202 cm³/mol. The number of pyridine rings is 1. The maximum Gasteiger partial charge on any atom is 0.293 e. The number of nitrogens with one attached hydrogen (secondary N) is 3. The monoisotopic (exact) mass is 753 g/mol. The highest BCUT2D eigenvalue weighted by molar-refractivity contribution is 6.33. The summed E-state index contributed by atoms with van der Waals surface area (Å²) in [5, 5.41) is 9.25. The fourth-order valence-electron chi connectivity index (χ4n) is 8.09.